The summed E-state index contributed by atoms with van der Waals surface area (Å²) in [7, 11) is 1.36. The fourth-order valence-electron chi connectivity index (χ4n) is 3.81. The molecule has 15 nitrogen and oxygen atoms in total. The van der Waals surface area contributed by atoms with Crippen LogP contribution in [-0.4, -0.2) is 160 Å². The SMILES string of the molecule is CN(N)C(=O)CCC(C(=O)O)N1CCN(CC(=O)O)CCN(CC(=O)O)CCN(CC(=O)O)CC1. The van der Waals surface area contributed by atoms with Crippen LogP contribution in [0.1, 0.15) is 12.8 Å². The molecular weight excluding hydrogens is 468 g/mol. The second kappa shape index (κ2) is 15.2. The van der Waals surface area contributed by atoms with Gasteiger partial charge in [-0.2, -0.15) is 0 Å². The second-order valence-corrected chi connectivity index (χ2v) is 8.44. The van der Waals surface area contributed by atoms with Crippen molar-refractivity contribution in [1.82, 2.24) is 24.6 Å². The molecule has 200 valence electrons. The number of hydrogen-bond acceptors (Lipinski definition) is 10. The third-order valence-corrected chi connectivity index (χ3v) is 5.70. The Bertz CT molecular complexity index is 719. The highest BCUT2D eigenvalue weighted by Gasteiger charge is 2.28. The lowest BCUT2D eigenvalue weighted by molar-refractivity contribution is -0.145. The monoisotopic (exact) mass is 504 g/mol. The van der Waals surface area contributed by atoms with Gasteiger partial charge in [0, 0.05) is 65.8 Å². The van der Waals surface area contributed by atoms with Crippen molar-refractivity contribution < 1.29 is 44.4 Å². The highest BCUT2D eigenvalue weighted by atomic mass is 16.4. The summed E-state index contributed by atoms with van der Waals surface area (Å²) in [6, 6.07) is -1.07. The third kappa shape index (κ3) is 12.4. The first-order valence-corrected chi connectivity index (χ1v) is 11.2. The van der Waals surface area contributed by atoms with E-state index in [9.17, 15) is 44.4 Å². The highest BCUT2D eigenvalue weighted by Crippen LogP contribution is 2.11. The number of carboxylic acids is 4. The van der Waals surface area contributed by atoms with Crippen LogP contribution >= 0.6 is 0 Å². The Balaban J connectivity index is 3.13. The van der Waals surface area contributed by atoms with E-state index >= 15 is 0 Å². The van der Waals surface area contributed by atoms with Gasteiger partial charge in [-0.15, -0.1) is 0 Å². The van der Waals surface area contributed by atoms with E-state index in [0.29, 0.717) is 0 Å². The average Bonchev–Trinajstić information content (AvgIpc) is 2.73. The van der Waals surface area contributed by atoms with Crippen LogP contribution < -0.4 is 5.84 Å². The minimum atomic E-state index is -1.16. The predicted molar refractivity (Wildman–Crippen MR) is 121 cm³/mol. The van der Waals surface area contributed by atoms with E-state index in [4.69, 9.17) is 5.84 Å². The third-order valence-electron chi connectivity index (χ3n) is 5.70. The van der Waals surface area contributed by atoms with Crippen LogP contribution in [0, 0.1) is 0 Å². The van der Waals surface area contributed by atoms with Gasteiger partial charge in [0.2, 0.25) is 5.91 Å². The molecule has 1 aliphatic rings. The van der Waals surface area contributed by atoms with Crippen LogP contribution in [0.5, 0.6) is 0 Å². The molecule has 1 unspecified atom stereocenters. The molecule has 0 radical (unpaired) electrons. The first-order valence-electron chi connectivity index (χ1n) is 11.2. The highest BCUT2D eigenvalue weighted by molar-refractivity contribution is 5.78. The molecule has 1 amide bonds. The maximum absolute atomic E-state index is 12.0. The lowest BCUT2D eigenvalue weighted by Gasteiger charge is -2.35. The number of hydrogen-bond donors (Lipinski definition) is 5. The molecule has 15 heteroatoms. The summed E-state index contributed by atoms with van der Waals surface area (Å²) in [6.07, 6.45) is -0.137. The molecule has 1 rings (SSSR count). The molecule has 0 spiro atoms. The molecule has 1 saturated heterocycles. The van der Waals surface area contributed by atoms with Gasteiger partial charge in [0.1, 0.15) is 6.04 Å². The van der Waals surface area contributed by atoms with E-state index in [1.807, 2.05) is 0 Å². The quantitative estimate of drug-likeness (QED) is 0.108. The molecule has 0 aromatic heterocycles. The summed E-state index contributed by atoms with van der Waals surface area (Å²) in [5, 5.41) is 38.4. The zero-order valence-corrected chi connectivity index (χ0v) is 19.9. The minimum absolute atomic E-state index is 0.0278. The van der Waals surface area contributed by atoms with Crippen LogP contribution in [0.25, 0.3) is 0 Å². The molecule has 6 N–H and O–H groups in total. The number of amides is 1. The number of carbonyl (C=O) groups excluding carboxylic acids is 1. The van der Waals surface area contributed by atoms with Crippen molar-refractivity contribution in [2.24, 2.45) is 5.84 Å². The fourth-order valence-corrected chi connectivity index (χ4v) is 3.81. The van der Waals surface area contributed by atoms with Gasteiger partial charge in [-0.05, 0) is 6.42 Å². The zero-order valence-electron chi connectivity index (χ0n) is 19.9. The van der Waals surface area contributed by atoms with E-state index < -0.39 is 35.8 Å². The molecule has 0 aliphatic carbocycles. The zero-order chi connectivity index (χ0) is 26.5. The van der Waals surface area contributed by atoms with Crippen molar-refractivity contribution in [3.63, 3.8) is 0 Å². The molecule has 0 saturated carbocycles. The van der Waals surface area contributed by atoms with Crippen molar-refractivity contribution in [2.75, 3.05) is 79.0 Å². The van der Waals surface area contributed by atoms with Gasteiger partial charge in [-0.25, -0.2) is 5.84 Å². The van der Waals surface area contributed by atoms with Gasteiger partial charge >= 0.3 is 23.9 Å². The van der Waals surface area contributed by atoms with Crippen LogP contribution in [0.4, 0.5) is 0 Å². The first-order chi connectivity index (χ1) is 16.4. The van der Waals surface area contributed by atoms with E-state index in [0.717, 1.165) is 5.01 Å². The summed E-state index contributed by atoms with van der Waals surface area (Å²) in [5.41, 5.74) is 0. The number of aliphatic carboxylic acids is 4. The van der Waals surface area contributed by atoms with Gasteiger partial charge in [0.25, 0.3) is 0 Å². The summed E-state index contributed by atoms with van der Waals surface area (Å²) >= 11 is 0. The lowest BCUT2D eigenvalue weighted by Crippen LogP contribution is -2.52. The van der Waals surface area contributed by atoms with Crippen molar-refractivity contribution in [2.45, 2.75) is 18.9 Å². The van der Waals surface area contributed by atoms with Gasteiger partial charge in [-0.1, -0.05) is 0 Å². The molecular formula is C20H36N6O9. The van der Waals surface area contributed by atoms with Crippen molar-refractivity contribution in [1.29, 1.82) is 0 Å². The molecule has 0 aromatic rings. The summed E-state index contributed by atoms with van der Waals surface area (Å²) in [4.78, 5) is 64.3. The summed E-state index contributed by atoms with van der Waals surface area (Å²) < 4.78 is 0. The lowest BCUT2D eigenvalue weighted by atomic mass is 10.1. The Kier molecular flexibility index (Phi) is 13.1. The van der Waals surface area contributed by atoms with Gasteiger partial charge in [-0.3, -0.25) is 48.6 Å². The topological polar surface area (TPSA) is 208 Å². The molecule has 1 fully saturated rings. The normalized spacial score (nSPS) is 18.7. The minimum Gasteiger partial charge on any atom is -0.480 e. The van der Waals surface area contributed by atoms with E-state index in [2.05, 4.69) is 0 Å². The van der Waals surface area contributed by atoms with E-state index in [1.165, 1.54) is 7.05 Å². The van der Waals surface area contributed by atoms with Gasteiger partial charge < -0.3 is 20.4 Å². The van der Waals surface area contributed by atoms with E-state index in [1.54, 1.807) is 19.6 Å². The van der Waals surface area contributed by atoms with Crippen LogP contribution in [0.3, 0.4) is 0 Å². The number of nitrogens with zero attached hydrogens (tertiary/aromatic N) is 5. The molecule has 35 heavy (non-hydrogen) atoms. The van der Waals surface area contributed by atoms with E-state index in [-0.39, 0.29) is 84.8 Å². The van der Waals surface area contributed by atoms with Crippen LogP contribution in [-0.2, 0) is 24.0 Å². The molecule has 1 heterocycles. The maximum Gasteiger partial charge on any atom is 0.320 e. The summed E-state index contributed by atoms with van der Waals surface area (Å²) in [6.45, 7) is 0.678. The molecule has 1 atom stereocenters. The number of hydrazine groups is 1. The first kappa shape index (κ1) is 30.2. The molecule has 0 aromatic carbocycles. The second-order valence-electron chi connectivity index (χ2n) is 8.44. The summed E-state index contributed by atoms with van der Waals surface area (Å²) in [5.74, 6) is 0.611. The van der Waals surface area contributed by atoms with Gasteiger partial charge in [0.15, 0.2) is 0 Å². The predicted octanol–water partition coefficient (Wildman–Crippen LogP) is -2.97. The van der Waals surface area contributed by atoms with Gasteiger partial charge in [0.05, 0.1) is 19.6 Å². The Morgan fingerprint density at radius 2 is 1.06 bits per heavy atom. The van der Waals surface area contributed by atoms with Crippen LogP contribution in [0.15, 0.2) is 0 Å². The number of nitrogens with two attached hydrogens (primary N) is 1. The largest absolute Gasteiger partial charge is 0.480 e. The Morgan fingerprint density at radius 3 is 1.34 bits per heavy atom. The van der Waals surface area contributed by atoms with Crippen molar-refractivity contribution in [3.05, 3.63) is 0 Å². The smallest absolute Gasteiger partial charge is 0.320 e. The standard InChI is InChI=1S/C20H36N6O9/c1-22(21)16(27)3-2-15(20(34)35)26-10-8-24(13-18(30)31)6-4-23(12-17(28)29)5-7-25(9-11-26)14-19(32)33/h15H,2-14,21H2,1H3,(H,28,29)(H,30,31)(H,32,33)(H,34,35). The molecule has 1 aliphatic heterocycles. The number of carboxylic acid groups (broad SMARTS) is 4. The average molecular weight is 505 g/mol. The molecule has 0 bridgehead atoms. The van der Waals surface area contributed by atoms with Crippen molar-refractivity contribution in [3.8, 4) is 0 Å². The Morgan fingerprint density at radius 1 is 0.714 bits per heavy atom. The Labute approximate surface area is 203 Å². The number of carbonyl (C=O) groups is 5. The Hall–Kier alpha value is -2.85. The van der Waals surface area contributed by atoms with Crippen LogP contribution in [0.2, 0.25) is 0 Å². The fraction of sp³-hybridized carbons (Fsp3) is 0.750. The maximum atomic E-state index is 12.0. The number of rotatable bonds is 11. The van der Waals surface area contributed by atoms with Crippen molar-refractivity contribution >= 4 is 29.8 Å².